The van der Waals surface area contributed by atoms with Gasteiger partial charge in [-0.25, -0.2) is 5.06 Å². The fourth-order valence-corrected chi connectivity index (χ4v) is 2.17. The number of hydrogen-bond acceptors (Lipinski definition) is 2. The van der Waals surface area contributed by atoms with Crippen molar-refractivity contribution in [1.29, 1.82) is 0 Å². The molecule has 0 spiro atoms. The molecule has 1 saturated heterocycles. The molecule has 1 aliphatic heterocycles. The van der Waals surface area contributed by atoms with Crippen LogP contribution in [0.3, 0.4) is 0 Å². The molecule has 0 N–H and O–H groups in total. The number of carbonyl (C=O) groups is 1. The van der Waals surface area contributed by atoms with Crippen LogP contribution in [0.5, 0.6) is 0 Å². The Labute approximate surface area is 109 Å². The highest BCUT2D eigenvalue weighted by Crippen LogP contribution is 2.27. The third-order valence-electron chi connectivity index (χ3n) is 3.57. The van der Waals surface area contributed by atoms with Crippen LogP contribution in [0.25, 0.3) is 0 Å². The smallest absolute Gasteiger partial charge is 0.248 e. The second-order valence-electron chi connectivity index (χ2n) is 5.09. The number of hydrogen-bond donors (Lipinski definition) is 0. The summed E-state index contributed by atoms with van der Waals surface area (Å²) in [6.45, 7) is 4.88. The molecule has 1 aromatic carbocycles. The van der Waals surface area contributed by atoms with E-state index in [0.29, 0.717) is 18.9 Å². The number of hydroxylamine groups is 2. The highest BCUT2D eigenvalue weighted by Gasteiger charge is 2.37. The topological polar surface area (TPSA) is 29.5 Å². The lowest BCUT2D eigenvalue weighted by Crippen LogP contribution is -2.52. The van der Waals surface area contributed by atoms with Gasteiger partial charge in [0.05, 0.1) is 12.5 Å². The van der Waals surface area contributed by atoms with Gasteiger partial charge in [0, 0.05) is 0 Å². The van der Waals surface area contributed by atoms with Crippen molar-refractivity contribution in [3.63, 3.8) is 0 Å². The SMILES string of the molecule is CCC(C)C[C@H]1CC(=O)N1OCc1ccccc1. The van der Waals surface area contributed by atoms with Gasteiger partial charge in [-0.15, -0.1) is 0 Å². The van der Waals surface area contributed by atoms with Gasteiger partial charge in [0.15, 0.2) is 0 Å². The molecule has 0 radical (unpaired) electrons. The lowest BCUT2D eigenvalue weighted by molar-refractivity contribution is -0.235. The Bertz CT molecular complexity index is 391. The van der Waals surface area contributed by atoms with E-state index in [2.05, 4.69) is 13.8 Å². The van der Waals surface area contributed by atoms with Crippen LogP contribution >= 0.6 is 0 Å². The molecule has 3 heteroatoms. The number of carbonyl (C=O) groups excluding carboxylic acids is 1. The first-order chi connectivity index (χ1) is 8.70. The predicted molar refractivity (Wildman–Crippen MR) is 70.6 cm³/mol. The van der Waals surface area contributed by atoms with Gasteiger partial charge in [-0.05, 0) is 17.9 Å². The van der Waals surface area contributed by atoms with Crippen LogP contribution < -0.4 is 0 Å². The molecule has 3 nitrogen and oxygen atoms in total. The second kappa shape index (κ2) is 6.01. The zero-order chi connectivity index (χ0) is 13.0. The van der Waals surface area contributed by atoms with E-state index in [9.17, 15) is 4.79 Å². The summed E-state index contributed by atoms with van der Waals surface area (Å²) in [5.74, 6) is 0.755. The summed E-state index contributed by atoms with van der Waals surface area (Å²) >= 11 is 0. The monoisotopic (exact) mass is 247 g/mol. The molecule has 1 aromatic rings. The molecule has 1 heterocycles. The van der Waals surface area contributed by atoms with Gasteiger partial charge in [-0.1, -0.05) is 50.6 Å². The summed E-state index contributed by atoms with van der Waals surface area (Å²) in [6, 6.07) is 10.2. The van der Waals surface area contributed by atoms with Crippen LogP contribution in [0.2, 0.25) is 0 Å². The minimum atomic E-state index is 0.110. The molecule has 18 heavy (non-hydrogen) atoms. The number of β-lactam (4-membered cyclic amide) rings is 1. The van der Waals surface area contributed by atoms with E-state index in [4.69, 9.17) is 4.84 Å². The van der Waals surface area contributed by atoms with E-state index in [1.54, 1.807) is 5.06 Å². The van der Waals surface area contributed by atoms with E-state index >= 15 is 0 Å². The van der Waals surface area contributed by atoms with Crippen molar-refractivity contribution < 1.29 is 9.63 Å². The van der Waals surface area contributed by atoms with E-state index < -0.39 is 0 Å². The van der Waals surface area contributed by atoms with Crippen molar-refractivity contribution >= 4 is 5.91 Å². The number of nitrogens with zero attached hydrogens (tertiary/aromatic N) is 1. The minimum absolute atomic E-state index is 0.110. The standard InChI is InChI=1S/C15H21NO2/c1-3-12(2)9-14-10-15(17)16(14)18-11-13-7-5-4-6-8-13/h4-8,12,14H,3,9-11H2,1-2H3/t12?,14-/m0/s1. The fourth-order valence-electron chi connectivity index (χ4n) is 2.17. The normalized spacial score (nSPS) is 20.7. The van der Waals surface area contributed by atoms with Gasteiger partial charge in [-0.3, -0.25) is 9.63 Å². The fraction of sp³-hybridized carbons (Fsp3) is 0.533. The van der Waals surface area contributed by atoms with Crippen molar-refractivity contribution in [1.82, 2.24) is 5.06 Å². The quantitative estimate of drug-likeness (QED) is 0.723. The molecule has 1 aliphatic rings. The first-order valence-corrected chi connectivity index (χ1v) is 6.69. The van der Waals surface area contributed by atoms with Crippen LogP contribution in [-0.2, 0) is 16.2 Å². The van der Waals surface area contributed by atoms with Gasteiger partial charge < -0.3 is 0 Å². The summed E-state index contributed by atoms with van der Waals surface area (Å²) < 4.78 is 0. The summed E-state index contributed by atoms with van der Waals surface area (Å²) in [5.41, 5.74) is 1.10. The Morgan fingerprint density at radius 2 is 2.11 bits per heavy atom. The van der Waals surface area contributed by atoms with Crippen LogP contribution in [0.15, 0.2) is 30.3 Å². The first-order valence-electron chi connectivity index (χ1n) is 6.69. The molecule has 1 amide bonds. The maximum absolute atomic E-state index is 11.5. The lowest BCUT2D eigenvalue weighted by Gasteiger charge is -2.40. The molecule has 0 aliphatic carbocycles. The number of amides is 1. The van der Waals surface area contributed by atoms with E-state index in [1.165, 1.54) is 0 Å². The van der Waals surface area contributed by atoms with Crippen molar-refractivity contribution in [3.05, 3.63) is 35.9 Å². The average Bonchev–Trinajstić information content (AvgIpc) is 2.39. The van der Waals surface area contributed by atoms with E-state index in [1.807, 2.05) is 30.3 Å². The van der Waals surface area contributed by atoms with E-state index in [0.717, 1.165) is 18.4 Å². The van der Waals surface area contributed by atoms with E-state index in [-0.39, 0.29) is 11.9 Å². The average molecular weight is 247 g/mol. The molecule has 0 bridgehead atoms. The summed E-state index contributed by atoms with van der Waals surface area (Å²) in [7, 11) is 0. The molecule has 2 rings (SSSR count). The zero-order valence-corrected chi connectivity index (χ0v) is 11.1. The zero-order valence-electron chi connectivity index (χ0n) is 11.1. The molecule has 98 valence electrons. The predicted octanol–water partition coefficient (Wildman–Crippen LogP) is 3.16. The molecule has 1 fully saturated rings. The summed E-state index contributed by atoms with van der Waals surface area (Å²) in [4.78, 5) is 17.2. The number of rotatable bonds is 6. The molecule has 2 atom stereocenters. The van der Waals surface area contributed by atoms with Crippen molar-refractivity contribution in [2.45, 2.75) is 45.8 Å². The Balaban J connectivity index is 1.82. The molecule has 0 aromatic heterocycles. The van der Waals surface area contributed by atoms with Gasteiger partial charge in [-0.2, -0.15) is 0 Å². The van der Waals surface area contributed by atoms with Gasteiger partial charge >= 0.3 is 0 Å². The summed E-state index contributed by atoms with van der Waals surface area (Å²) in [6.07, 6.45) is 2.83. The van der Waals surface area contributed by atoms with Crippen molar-refractivity contribution in [2.75, 3.05) is 0 Å². The highest BCUT2D eigenvalue weighted by atomic mass is 16.7. The first kappa shape index (κ1) is 13.1. The van der Waals surface area contributed by atoms with Crippen LogP contribution in [0, 0.1) is 5.92 Å². The van der Waals surface area contributed by atoms with Gasteiger partial charge in [0.25, 0.3) is 0 Å². The van der Waals surface area contributed by atoms with Crippen molar-refractivity contribution in [2.24, 2.45) is 5.92 Å². The van der Waals surface area contributed by atoms with Crippen LogP contribution in [0.4, 0.5) is 0 Å². The third kappa shape index (κ3) is 3.10. The largest absolute Gasteiger partial charge is 0.272 e. The third-order valence-corrected chi connectivity index (χ3v) is 3.57. The molecule has 0 saturated carbocycles. The summed E-state index contributed by atoms with van der Waals surface area (Å²) in [5, 5.41) is 1.57. The Kier molecular flexibility index (Phi) is 4.37. The number of benzene rings is 1. The van der Waals surface area contributed by atoms with Crippen LogP contribution in [-0.4, -0.2) is 17.0 Å². The minimum Gasteiger partial charge on any atom is -0.272 e. The Morgan fingerprint density at radius 1 is 1.39 bits per heavy atom. The molecular formula is C15H21NO2. The molecule has 1 unspecified atom stereocenters. The molecular weight excluding hydrogens is 226 g/mol. The maximum atomic E-state index is 11.5. The van der Waals surface area contributed by atoms with Crippen molar-refractivity contribution in [3.8, 4) is 0 Å². The Morgan fingerprint density at radius 3 is 2.72 bits per heavy atom. The Hall–Kier alpha value is -1.35. The lowest BCUT2D eigenvalue weighted by atomic mass is 9.92. The van der Waals surface area contributed by atoms with Crippen LogP contribution in [0.1, 0.15) is 38.7 Å². The second-order valence-corrected chi connectivity index (χ2v) is 5.09. The maximum Gasteiger partial charge on any atom is 0.248 e. The van der Waals surface area contributed by atoms with Gasteiger partial charge in [0.1, 0.15) is 6.61 Å². The van der Waals surface area contributed by atoms with Gasteiger partial charge in [0.2, 0.25) is 5.91 Å². The highest BCUT2D eigenvalue weighted by molar-refractivity contribution is 5.81.